The van der Waals surface area contributed by atoms with Crippen LogP contribution in [0.1, 0.15) is 38.8 Å². The van der Waals surface area contributed by atoms with E-state index in [1.54, 1.807) is 0 Å². The molecule has 0 saturated heterocycles. The van der Waals surface area contributed by atoms with Crippen LogP contribution < -0.4 is 5.32 Å². The highest BCUT2D eigenvalue weighted by molar-refractivity contribution is 5.72. The second kappa shape index (κ2) is 6.59. The molecule has 142 valence electrons. The standard InChI is InChI=1S/C23H25N5/c1-3-4-11-24-19-14-17(9-13-25-19)21-22(27-20-8-6-12-26-28(20)21)23-10-5-7-16(2)18(23)15-23/h5-10,12-14,18H,3-4,11,15H2,1-2H3,(H,24,25). The molecule has 3 aromatic rings. The van der Waals surface area contributed by atoms with Crippen molar-refractivity contribution in [3.8, 4) is 11.3 Å². The lowest BCUT2D eigenvalue weighted by Crippen LogP contribution is -2.12. The van der Waals surface area contributed by atoms with E-state index >= 15 is 0 Å². The predicted octanol–water partition coefficient (Wildman–Crippen LogP) is 4.78. The molecule has 3 aromatic heterocycles. The second-order valence-electron chi connectivity index (χ2n) is 7.88. The molecule has 5 heteroatoms. The Morgan fingerprint density at radius 2 is 2.21 bits per heavy atom. The Hall–Kier alpha value is -2.95. The number of fused-ring (bicyclic) bond motifs is 2. The molecule has 28 heavy (non-hydrogen) atoms. The Kier molecular flexibility index (Phi) is 4.04. The zero-order valence-electron chi connectivity index (χ0n) is 16.4. The first-order valence-corrected chi connectivity index (χ1v) is 10.1. The maximum Gasteiger partial charge on any atom is 0.154 e. The molecule has 0 aromatic carbocycles. The first kappa shape index (κ1) is 17.2. The molecule has 0 radical (unpaired) electrons. The van der Waals surface area contributed by atoms with Crippen LogP contribution >= 0.6 is 0 Å². The third kappa shape index (κ3) is 2.65. The van der Waals surface area contributed by atoms with Crippen LogP contribution in [0.5, 0.6) is 0 Å². The predicted molar refractivity (Wildman–Crippen MR) is 112 cm³/mol. The van der Waals surface area contributed by atoms with Gasteiger partial charge in [0.1, 0.15) is 5.82 Å². The summed E-state index contributed by atoms with van der Waals surface area (Å²) in [6.45, 7) is 5.36. The molecule has 1 N–H and O–H groups in total. The van der Waals surface area contributed by atoms with Gasteiger partial charge >= 0.3 is 0 Å². The van der Waals surface area contributed by atoms with Crippen molar-refractivity contribution in [3.63, 3.8) is 0 Å². The smallest absolute Gasteiger partial charge is 0.154 e. The van der Waals surface area contributed by atoms with Crippen molar-refractivity contribution in [2.45, 2.75) is 38.5 Å². The molecule has 0 amide bonds. The molecular weight excluding hydrogens is 346 g/mol. The quantitative estimate of drug-likeness (QED) is 0.634. The van der Waals surface area contributed by atoms with Gasteiger partial charge in [-0.15, -0.1) is 0 Å². The lowest BCUT2D eigenvalue weighted by molar-refractivity contribution is 0.762. The second-order valence-corrected chi connectivity index (χ2v) is 7.88. The van der Waals surface area contributed by atoms with Gasteiger partial charge in [0.25, 0.3) is 0 Å². The van der Waals surface area contributed by atoms with E-state index in [0.29, 0.717) is 5.92 Å². The average molecular weight is 371 g/mol. The van der Waals surface area contributed by atoms with Crippen LogP contribution in [0.3, 0.4) is 0 Å². The van der Waals surface area contributed by atoms with E-state index in [-0.39, 0.29) is 5.41 Å². The van der Waals surface area contributed by atoms with Gasteiger partial charge in [-0.25, -0.2) is 14.5 Å². The van der Waals surface area contributed by atoms with E-state index in [1.807, 2.05) is 29.0 Å². The summed E-state index contributed by atoms with van der Waals surface area (Å²) in [5, 5.41) is 8.06. The minimum atomic E-state index is 0.000932. The number of aromatic nitrogens is 4. The maximum absolute atomic E-state index is 5.05. The van der Waals surface area contributed by atoms with Gasteiger partial charge in [-0.1, -0.05) is 37.1 Å². The minimum Gasteiger partial charge on any atom is -0.370 e. The van der Waals surface area contributed by atoms with E-state index in [4.69, 9.17) is 4.98 Å². The number of allylic oxidation sites excluding steroid dienone is 4. The first-order chi connectivity index (χ1) is 13.7. The number of imidazole rings is 1. The van der Waals surface area contributed by atoms with Crippen molar-refractivity contribution >= 4 is 11.5 Å². The van der Waals surface area contributed by atoms with Gasteiger partial charge in [-0.2, -0.15) is 5.10 Å². The van der Waals surface area contributed by atoms with Crippen molar-refractivity contribution in [1.82, 2.24) is 19.6 Å². The number of unbranched alkanes of at least 4 members (excludes halogenated alkanes) is 1. The summed E-state index contributed by atoms with van der Waals surface area (Å²) in [5.41, 5.74) is 5.65. The maximum atomic E-state index is 5.05. The normalized spacial score (nSPS) is 22.8. The summed E-state index contributed by atoms with van der Waals surface area (Å²) in [6, 6.07) is 8.17. The fourth-order valence-electron chi connectivity index (χ4n) is 4.40. The lowest BCUT2D eigenvalue weighted by atomic mass is 9.89. The van der Waals surface area contributed by atoms with Crippen LogP contribution in [0.2, 0.25) is 0 Å². The summed E-state index contributed by atoms with van der Waals surface area (Å²) in [7, 11) is 0. The number of hydrogen-bond donors (Lipinski definition) is 1. The minimum absolute atomic E-state index is 0.000932. The summed E-state index contributed by atoms with van der Waals surface area (Å²) >= 11 is 0. The van der Waals surface area contributed by atoms with Crippen LogP contribution in [0.15, 0.2) is 60.5 Å². The van der Waals surface area contributed by atoms with Crippen molar-refractivity contribution in [2.24, 2.45) is 5.92 Å². The summed E-state index contributed by atoms with van der Waals surface area (Å²) < 4.78 is 1.98. The summed E-state index contributed by atoms with van der Waals surface area (Å²) in [4.78, 5) is 9.55. The molecule has 0 spiro atoms. The summed E-state index contributed by atoms with van der Waals surface area (Å²) in [5.74, 6) is 1.45. The van der Waals surface area contributed by atoms with Crippen LogP contribution in [-0.4, -0.2) is 26.1 Å². The van der Waals surface area contributed by atoms with Crippen molar-refractivity contribution in [1.29, 1.82) is 0 Å². The average Bonchev–Trinajstić information content (AvgIpc) is 3.35. The largest absolute Gasteiger partial charge is 0.370 e. The van der Waals surface area contributed by atoms with Gasteiger partial charge in [0, 0.05) is 29.9 Å². The number of anilines is 1. The number of rotatable bonds is 6. The third-order valence-electron chi connectivity index (χ3n) is 6.01. The van der Waals surface area contributed by atoms with E-state index in [0.717, 1.165) is 54.2 Å². The summed E-state index contributed by atoms with van der Waals surface area (Å²) in [6.07, 6.45) is 13.9. The Bertz CT molecular complexity index is 1090. The van der Waals surface area contributed by atoms with E-state index in [2.05, 4.69) is 59.6 Å². The number of nitrogens with zero attached hydrogens (tertiary/aromatic N) is 4. The molecule has 0 bridgehead atoms. The molecule has 0 aliphatic heterocycles. The topological polar surface area (TPSA) is 55.1 Å². The van der Waals surface area contributed by atoms with Gasteiger partial charge in [-0.05, 0) is 49.9 Å². The van der Waals surface area contributed by atoms with Gasteiger partial charge < -0.3 is 5.32 Å². The van der Waals surface area contributed by atoms with Gasteiger partial charge in [0.05, 0.1) is 11.4 Å². The van der Waals surface area contributed by atoms with Crippen molar-refractivity contribution in [2.75, 3.05) is 11.9 Å². The Labute approximate surface area is 165 Å². The fraction of sp³-hybridized carbons (Fsp3) is 0.348. The van der Waals surface area contributed by atoms with Gasteiger partial charge in [-0.3, -0.25) is 0 Å². The van der Waals surface area contributed by atoms with Crippen LogP contribution in [0.4, 0.5) is 5.82 Å². The van der Waals surface area contributed by atoms with Crippen LogP contribution in [0, 0.1) is 5.92 Å². The molecule has 2 aliphatic carbocycles. The van der Waals surface area contributed by atoms with Crippen molar-refractivity contribution in [3.05, 3.63) is 66.2 Å². The first-order valence-electron chi connectivity index (χ1n) is 10.1. The van der Waals surface area contributed by atoms with E-state index in [9.17, 15) is 0 Å². The monoisotopic (exact) mass is 371 g/mol. The molecule has 2 aliphatic rings. The Morgan fingerprint density at radius 3 is 3.11 bits per heavy atom. The van der Waals surface area contributed by atoms with Crippen LogP contribution in [0.25, 0.3) is 16.9 Å². The van der Waals surface area contributed by atoms with Crippen LogP contribution in [-0.2, 0) is 5.41 Å². The molecule has 2 atom stereocenters. The molecular formula is C23H25N5. The highest BCUT2D eigenvalue weighted by atomic mass is 15.3. The van der Waals surface area contributed by atoms with Crippen molar-refractivity contribution < 1.29 is 0 Å². The molecule has 1 saturated carbocycles. The zero-order valence-corrected chi connectivity index (χ0v) is 16.4. The highest BCUT2D eigenvalue weighted by Crippen LogP contribution is 2.61. The molecule has 1 fully saturated rings. The van der Waals surface area contributed by atoms with Gasteiger partial charge in [0.15, 0.2) is 5.65 Å². The zero-order chi connectivity index (χ0) is 19.1. The number of nitrogens with one attached hydrogen (secondary N) is 1. The SMILES string of the molecule is CCCCNc1cc(-c2c(C34C=CC=C(C)C3C4)nc3cccnn23)ccn1. The number of hydrogen-bond acceptors (Lipinski definition) is 4. The van der Waals surface area contributed by atoms with E-state index in [1.165, 1.54) is 5.57 Å². The van der Waals surface area contributed by atoms with Gasteiger partial charge in [0.2, 0.25) is 0 Å². The van der Waals surface area contributed by atoms with E-state index < -0.39 is 0 Å². The Morgan fingerprint density at radius 1 is 1.29 bits per heavy atom. The molecule has 5 nitrogen and oxygen atoms in total. The molecule has 3 heterocycles. The highest BCUT2D eigenvalue weighted by Gasteiger charge is 2.57. The molecule has 5 rings (SSSR count). The Balaban J connectivity index is 1.63. The lowest BCUT2D eigenvalue weighted by Gasteiger charge is -2.16. The third-order valence-corrected chi connectivity index (χ3v) is 6.01. The fourth-order valence-corrected chi connectivity index (χ4v) is 4.40. The molecule has 2 unspecified atom stereocenters. The number of pyridine rings is 1.